The van der Waals surface area contributed by atoms with Crippen molar-refractivity contribution >= 4 is 60.9 Å². The molecule has 2 N–H and O–H groups in total. The van der Waals surface area contributed by atoms with Crippen molar-refractivity contribution in [3.63, 3.8) is 0 Å². The van der Waals surface area contributed by atoms with Gasteiger partial charge in [-0.2, -0.15) is 0 Å². The second-order valence-corrected chi connectivity index (χ2v) is 6.58. The Morgan fingerprint density at radius 3 is 1.79 bits per heavy atom. The molecule has 78 valence electrons. The molecular formula is C9H17KO4. The van der Waals surface area contributed by atoms with Gasteiger partial charge in [-0.05, 0) is 0 Å². The fourth-order valence-corrected chi connectivity index (χ4v) is 1.38. The van der Waals surface area contributed by atoms with Gasteiger partial charge in [0.25, 0.3) is 0 Å². The van der Waals surface area contributed by atoms with Crippen LogP contribution in [0.1, 0.15) is 39.5 Å². The van der Waals surface area contributed by atoms with Gasteiger partial charge in [-0.3, -0.25) is 9.59 Å². The van der Waals surface area contributed by atoms with Crippen LogP contribution in [0.15, 0.2) is 0 Å². The minimum Gasteiger partial charge on any atom is -0.481 e. The van der Waals surface area contributed by atoms with Crippen LogP contribution in [0.25, 0.3) is 0 Å². The van der Waals surface area contributed by atoms with Crippen LogP contribution in [0.5, 0.6) is 0 Å². The standard InChI is InChI=1S/C6H13.C3H4O4.K/c1-3-5-6-4-2;4-2(5)1-3(6)7;/h3H,4-6H2,1-2H3;1H2,(H,4,5)(H,6,7);. The average Bonchev–Trinajstić information content (AvgIpc) is 1.99. The minimum absolute atomic E-state index is 0.806. The molecule has 0 aliphatic rings. The van der Waals surface area contributed by atoms with Crippen molar-refractivity contribution in [3.8, 4) is 0 Å². The number of rotatable bonds is 5. The van der Waals surface area contributed by atoms with E-state index in [-0.39, 0.29) is 0 Å². The Kier molecular flexibility index (Phi) is 14.1. The van der Waals surface area contributed by atoms with Gasteiger partial charge in [-0.25, -0.2) is 0 Å². The summed E-state index contributed by atoms with van der Waals surface area (Å²) in [4.78, 5) is 18.9. The first kappa shape index (κ1) is 17.0. The molecule has 0 spiro atoms. The van der Waals surface area contributed by atoms with Crippen LogP contribution in [0.4, 0.5) is 0 Å². The number of carboxylic acids is 2. The van der Waals surface area contributed by atoms with E-state index in [9.17, 15) is 9.59 Å². The maximum atomic E-state index is 9.43. The Balaban J connectivity index is 0. The van der Waals surface area contributed by atoms with Gasteiger partial charge < -0.3 is 10.2 Å². The van der Waals surface area contributed by atoms with Gasteiger partial charge in [-0.1, -0.05) is 0 Å². The molecular weight excluding hydrogens is 211 g/mol. The second-order valence-electron chi connectivity index (χ2n) is 3.50. The number of carbonyl (C=O) groups is 2. The van der Waals surface area contributed by atoms with Crippen LogP contribution >= 0.6 is 0 Å². The van der Waals surface area contributed by atoms with E-state index < -0.39 is 18.4 Å². The molecule has 0 aromatic rings. The summed E-state index contributed by atoms with van der Waals surface area (Å²) < 4.78 is 1.09. The Morgan fingerprint density at radius 1 is 1.29 bits per heavy atom. The average molecular weight is 228 g/mol. The number of hydrogen-bond acceptors (Lipinski definition) is 2. The molecule has 0 aliphatic carbocycles. The van der Waals surface area contributed by atoms with Crippen molar-refractivity contribution in [2.75, 3.05) is 0 Å². The van der Waals surface area contributed by atoms with Crippen molar-refractivity contribution in [1.29, 1.82) is 0 Å². The third kappa shape index (κ3) is 22.9. The molecule has 0 bridgehead atoms. The Morgan fingerprint density at radius 2 is 1.71 bits per heavy atom. The smallest absolute Gasteiger partial charge is 0.314 e. The molecule has 4 nitrogen and oxygen atoms in total. The monoisotopic (exact) mass is 228 g/mol. The maximum Gasteiger partial charge on any atom is 0.314 e. The molecule has 0 aliphatic heterocycles. The minimum atomic E-state index is -1.31. The van der Waals surface area contributed by atoms with E-state index in [1.54, 1.807) is 0 Å². The predicted molar refractivity (Wildman–Crippen MR) is 54.6 cm³/mol. The zero-order valence-electron chi connectivity index (χ0n) is 9.12. The molecule has 1 unspecified atom stereocenters. The largest absolute Gasteiger partial charge is 0.481 e. The van der Waals surface area contributed by atoms with Gasteiger partial charge in [0.05, 0.1) is 0 Å². The molecule has 0 aromatic carbocycles. The van der Waals surface area contributed by atoms with E-state index in [1.807, 2.05) is 0 Å². The molecule has 0 heterocycles. The quantitative estimate of drug-likeness (QED) is 0.555. The molecule has 0 saturated carbocycles. The predicted octanol–water partition coefficient (Wildman–Crippen LogP) is 1.70. The second kappa shape index (κ2) is 11.7. The molecule has 5 heteroatoms. The Hall–Kier alpha value is 0.576. The van der Waals surface area contributed by atoms with E-state index in [0.29, 0.717) is 0 Å². The molecule has 0 aromatic heterocycles. The summed E-state index contributed by atoms with van der Waals surface area (Å²) in [5.41, 5.74) is 0. The van der Waals surface area contributed by atoms with Gasteiger partial charge in [0.2, 0.25) is 0 Å². The molecule has 0 saturated heterocycles. The maximum absolute atomic E-state index is 9.43. The van der Waals surface area contributed by atoms with Crippen LogP contribution in [-0.4, -0.2) is 71.1 Å². The summed E-state index contributed by atoms with van der Waals surface area (Å²) in [6, 6.07) is 0. The first-order chi connectivity index (χ1) is 6.40. The van der Waals surface area contributed by atoms with Crippen molar-refractivity contribution in [1.82, 2.24) is 0 Å². The molecule has 0 rings (SSSR count). The summed E-state index contributed by atoms with van der Waals surface area (Å²) in [5, 5.41) is 15.4. The number of aliphatic carboxylic acids is 2. The van der Waals surface area contributed by atoms with Gasteiger partial charge in [-0.15, -0.1) is 0 Å². The van der Waals surface area contributed by atoms with Crippen molar-refractivity contribution in [3.05, 3.63) is 0 Å². The van der Waals surface area contributed by atoms with Crippen LogP contribution in [0.3, 0.4) is 0 Å². The fourth-order valence-electron chi connectivity index (χ4n) is 0.742. The topological polar surface area (TPSA) is 74.6 Å². The van der Waals surface area contributed by atoms with Crippen molar-refractivity contribution in [2.24, 2.45) is 0 Å². The summed E-state index contributed by atoms with van der Waals surface area (Å²) in [5.74, 6) is -2.62. The molecule has 14 heavy (non-hydrogen) atoms. The number of hydrogen-bond donors (Lipinski definition) is 2. The van der Waals surface area contributed by atoms with E-state index in [1.165, 1.54) is 19.3 Å². The van der Waals surface area contributed by atoms with E-state index in [4.69, 9.17) is 10.2 Å². The zero-order chi connectivity index (χ0) is 11.6. The van der Waals surface area contributed by atoms with Crippen LogP contribution in [0.2, 0.25) is 0.0125 Å². The SMILES string of the molecule is CCCC[CH](C)[K].O=C(O)CC(=O)O. The number of unbranched alkanes of at least 4 members (excludes halogenated alkanes) is 1. The summed E-state index contributed by atoms with van der Waals surface area (Å²) in [6.07, 6.45) is 3.50. The van der Waals surface area contributed by atoms with E-state index in [0.717, 1.165) is 49.0 Å². The normalized spacial score (nSPS) is 11.1. The van der Waals surface area contributed by atoms with Crippen molar-refractivity contribution < 1.29 is 19.8 Å². The summed E-state index contributed by atoms with van der Waals surface area (Å²) in [7, 11) is 0. The molecule has 0 amide bonds. The van der Waals surface area contributed by atoms with Gasteiger partial charge in [0.15, 0.2) is 0 Å². The first-order valence-corrected chi connectivity index (χ1v) is 6.64. The van der Waals surface area contributed by atoms with Gasteiger partial charge in [0.1, 0.15) is 6.42 Å². The third-order valence-electron chi connectivity index (χ3n) is 1.44. The molecule has 0 fully saturated rings. The van der Waals surface area contributed by atoms with E-state index >= 15 is 0 Å². The van der Waals surface area contributed by atoms with Crippen LogP contribution < -0.4 is 0 Å². The van der Waals surface area contributed by atoms with Crippen molar-refractivity contribution in [2.45, 2.75) is 39.5 Å². The third-order valence-corrected chi connectivity index (χ3v) is 2.34. The van der Waals surface area contributed by atoms with Crippen LogP contribution in [0, 0.1) is 0 Å². The molecule has 1 atom stereocenters. The van der Waals surface area contributed by atoms with Gasteiger partial charge in [0, 0.05) is 0 Å². The number of carboxylic acid groups (broad SMARTS) is 2. The van der Waals surface area contributed by atoms with Gasteiger partial charge >= 0.3 is 94.0 Å². The van der Waals surface area contributed by atoms with Crippen LogP contribution in [-0.2, 0) is 9.59 Å². The summed E-state index contributed by atoms with van der Waals surface area (Å²) >= 11 is 1.07. The zero-order valence-corrected chi connectivity index (χ0v) is 12.2. The first-order valence-electron chi connectivity index (χ1n) is 4.83. The Bertz CT molecular complexity index is 156. The fraction of sp³-hybridized carbons (Fsp3) is 0.778. The molecule has 0 radical (unpaired) electrons. The summed E-state index contributed by atoms with van der Waals surface area (Å²) in [6.45, 7) is 4.62. The van der Waals surface area contributed by atoms with E-state index in [2.05, 4.69) is 13.8 Å². The Labute approximate surface area is 119 Å².